The number of aryl methyl sites for hydroxylation is 1. The van der Waals surface area contributed by atoms with Gasteiger partial charge in [0, 0.05) is 30.2 Å². The van der Waals surface area contributed by atoms with Crippen molar-refractivity contribution in [3.8, 4) is 0 Å². The molecule has 0 unspecified atom stereocenters. The van der Waals surface area contributed by atoms with Gasteiger partial charge >= 0.3 is 0 Å². The maximum Gasteiger partial charge on any atom is 0.228 e. The first-order valence-corrected chi connectivity index (χ1v) is 6.40. The summed E-state index contributed by atoms with van der Waals surface area (Å²) in [4.78, 5) is 8.47. The number of rotatable bonds is 4. The van der Waals surface area contributed by atoms with Gasteiger partial charge in [0.05, 0.1) is 11.2 Å². The molecule has 2 heterocycles. The third-order valence-corrected chi connectivity index (χ3v) is 3.02. The third kappa shape index (κ3) is 2.40. The van der Waals surface area contributed by atoms with Crippen LogP contribution in [0, 0.1) is 6.92 Å². The van der Waals surface area contributed by atoms with Gasteiger partial charge in [-0.25, -0.2) is 0 Å². The summed E-state index contributed by atoms with van der Waals surface area (Å²) in [5.74, 6) is 1.29. The van der Waals surface area contributed by atoms with Crippen LogP contribution >= 0.6 is 0 Å². The van der Waals surface area contributed by atoms with Crippen LogP contribution in [-0.2, 0) is 6.42 Å². The monoisotopic (exact) mass is 269 g/mol. The smallest absolute Gasteiger partial charge is 0.228 e. The van der Waals surface area contributed by atoms with Crippen molar-refractivity contribution in [3.63, 3.8) is 0 Å². The number of benzene rings is 1. The lowest BCUT2D eigenvalue weighted by Crippen LogP contribution is -2.06. The van der Waals surface area contributed by atoms with Gasteiger partial charge < -0.3 is 15.6 Å². The van der Waals surface area contributed by atoms with Gasteiger partial charge in [-0.3, -0.25) is 4.98 Å². The van der Waals surface area contributed by atoms with Gasteiger partial charge in [0.1, 0.15) is 0 Å². The highest BCUT2D eigenvalue weighted by Crippen LogP contribution is 2.26. The van der Waals surface area contributed by atoms with Crippen LogP contribution < -0.4 is 11.1 Å². The number of nitrogens with two attached hydrogens (primary N) is 1. The van der Waals surface area contributed by atoms with Crippen LogP contribution in [0.2, 0.25) is 0 Å². The number of nitrogens with zero attached hydrogens (tertiary/aromatic N) is 3. The largest absolute Gasteiger partial charge is 0.397 e. The van der Waals surface area contributed by atoms with Crippen molar-refractivity contribution >= 4 is 22.3 Å². The number of aromatic nitrogens is 3. The first-order chi connectivity index (χ1) is 9.74. The summed E-state index contributed by atoms with van der Waals surface area (Å²) in [6.07, 6.45) is 2.41. The zero-order valence-electron chi connectivity index (χ0n) is 11.1. The zero-order chi connectivity index (χ0) is 13.9. The molecule has 0 fully saturated rings. The minimum atomic E-state index is 0.632. The molecule has 0 aliphatic carbocycles. The molecule has 0 radical (unpaired) electrons. The fourth-order valence-electron chi connectivity index (χ4n) is 2.09. The summed E-state index contributed by atoms with van der Waals surface area (Å²) >= 11 is 0. The van der Waals surface area contributed by atoms with E-state index in [9.17, 15) is 0 Å². The van der Waals surface area contributed by atoms with E-state index in [4.69, 9.17) is 10.3 Å². The van der Waals surface area contributed by atoms with E-state index in [1.807, 2.05) is 24.3 Å². The number of hydrogen-bond acceptors (Lipinski definition) is 6. The van der Waals surface area contributed by atoms with Crippen LogP contribution in [0.25, 0.3) is 10.9 Å². The normalized spacial score (nSPS) is 10.8. The van der Waals surface area contributed by atoms with E-state index < -0.39 is 0 Å². The van der Waals surface area contributed by atoms with Gasteiger partial charge in [-0.05, 0) is 31.2 Å². The van der Waals surface area contributed by atoms with E-state index in [0.29, 0.717) is 30.4 Å². The average Bonchev–Trinajstić information content (AvgIpc) is 2.87. The number of hydrogen-bond donors (Lipinski definition) is 2. The topological polar surface area (TPSA) is 89.9 Å². The highest BCUT2D eigenvalue weighted by Gasteiger charge is 2.06. The summed E-state index contributed by atoms with van der Waals surface area (Å²) in [6, 6.07) is 7.71. The molecular formula is C14H15N5O. The fourth-order valence-corrected chi connectivity index (χ4v) is 2.09. The Kier molecular flexibility index (Phi) is 3.20. The van der Waals surface area contributed by atoms with Crippen LogP contribution in [0.3, 0.4) is 0 Å². The van der Waals surface area contributed by atoms with Gasteiger partial charge in [-0.2, -0.15) is 4.98 Å². The molecule has 0 aliphatic heterocycles. The van der Waals surface area contributed by atoms with Crippen LogP contribution in [0.15, 0.2) is 35.0 Å². The van der Waals surface area contributed by atoms with Gasteiger partial charge in [0.25, 0.3) is 0 Å². The predicted molar refractivity (Wildman–Crippen MR) is 77.4 cm³/mol. The summed E-state index contributed by atoms with van der Waals surface area (Å²) in [5, 5.41) is 8.12. The Bertz CT molecular complexity index is 737. The first kappa shape index (κ1) is 12.4. The second kappa shape index (κ2) is 5.16. The van der Waals surface area contributed by atoms with Crippen molar-refractivity contribution in [2.45, 2.75) is 13.3 Å². The lowest BCUT2D eigenvalue weighted by Gasteiger charge is -2.09. The van der Waals surface area contributed by atoms with Crippen LogP contribution in [0.1, 0.15) is 11.7 Å². The second-order valence-electron chi connectivity index (χ2n) is 4.51. The summed E-state index contributed by atoms with van der Waals surface area (Å²) < 4.78 is 5.08. The Morgan fingerprint density at radius 2 is 2.20 bits per heavy atom. The van der Waals surface area contributed by atoms with Gasteiger partial charge in [-0.1, -0.05) is 5.16 Å². The van der Waals surface area contributed by atoms with Crippen molar-refractivity contribution in [1.29, 1.82) is 0 Å². The van der Waals surface area contributed by atoms with Crippen LogP contribution in [-0.4, -0.2) is 21.7 Å². The molecule has 0 saturated carbocycles. The van der Waals surface area contributed by atoms with E-state index in [2.05, 4.69) is 20.4 Å². The van der Waals surface area contributed by atoms with E-state index in [0.717, 1.165) is 16.6 Å². The van der Waals surface area contributed by atoms with Gasteiger partial charge in [-0.15, -0.1) is 0 Å². The molecule has 0 bridgehead atoms. The predicted octanol–water partition coefficient (Wildman–Crippen LogP) is 2.16. The quantitative estimate of drug-likeness (QED) is 0.705. The third-order valence-electron chi connectivity index (χ3n) is 3.02. The molecule has 102 valence electrons. The number of fused-ring (bicyclic) bond motifs is 1. The summed E-state index contributed by atoms with van der Waals surface area (Å²) in [7, 11) is 0. The van der Waals surface area contributed by atoms with E-state index in [1.54, 1.807) is 13.1 Å². The van der Waals surface area contributed by atoms with Crippen molar-refractivity contribution < 1.29 is 4.52 Å². The van der Waals surface area contributed by atoms with Crippen molar-refractivity contribution in [2.75, 3.05) is 17.6 Å². The first-order valence-electron chi connectivity index (χ1n) is 6.40. The lowest BCUT2D eigenvalue weighted by molar-refractivity contribution is 0.377. The van der Waals surface area contributed by atoms with Crippen LogP contribution in [0.4, 0.5) is 11.4 Å². The molecule has 0 spiro atoms. The highest BCUT2D eigenvalue weighted by molar-refractivity contribution is 5.98. The molecular weight excluding hydrogens is 254 g/mol. The number of anilines is 2. The molecule has 3 N–H and O–H groups in total. The summed E-state index contributed by atoms with van der Waals surface area (Å²) in [6.45, 7) is 2.51. The molecule has 3 aromatic rings. The molecule has 2 aromatic heterocycles. The van der Waals surface area contributed by atoms with E-state index >= 15 is 0 Å². The minimum absolute atomic E-state index is 0.632. The zero-order valence-corrected chi connectivity index (χ0v) is 11.1. The molecule has 0 aliphatic rings. The molecule has 6 nitrogen and oxygen atoms in total. The van der Waals surface area contributed by atoms with E-state index in [-0.39, 0.29) is 0 Å². The molecule has 0 saturated heterocycles. The van der Waals surface area contributed by atoms with E-state index in [1.165, 1.54) is 0 Å². The number of nitrogens with one attached hydrogen (secondary N) is 1. The van der Waals surface area contributed by atoms with Crippen molar-refractivity contribution in [2.24, 2.45) is 0 Å². The maximum absolute atomic E-state index is 5.92. The highest BCUT2D eigenvalue weighted by atomic mass is 16.5. The molecule has 3 rings (SSSR count). The standard InChI is InChI=1S/C14H15N5O/c1-9-18-13(20-19-9)6-8-16-12-5-4-11(15)14-10(12)3-2-7-17-14/h2-5,7,16H,6,8,15H2,1H3. The van der Waals surface area contributed by atoms with Crippen LogP contribution in [0.5, 0.6) is 0 Å². The Morgan fingerprint density at radius 3 is 3.00 bits per heavy atom. The fraction of sp³-hybridized carbons (Fsp3) is 0.214. The van der Waals surface area contributed by atoms with Crippen molar-refractivity contribution in [3.05, 3.63) is 42.2 Å². The second-order valence-corrected chi connectivity index (χ2v) is 4.51. The van der Waals surface area contributed by atoms with Gasteiger partial charge in [0.15, 0.2) is 5.82 Å². The Hall–Kier alpha value is -2.63. The Labute approximate surface area is 116 Å². The Morgan fingerprint density at radius 1 is 1.30 bits per heavy atom. The Balaban J connectivity index is 1.76. The molecule has 6 heteroatoms. The summed E-state index contributed by atoms with van der Waals surface area (Å²) in [5.41, 5.74) is 8.41. The molecule has 1 aromatic carbocycles. The van der Waals surface area contributed by atoms with Crippen molar-refractivity contribution in [1.82, 2.24) is 15.1 Å². The molecule has 0 amide bonds. The molecule has 20 heavy (non-hydrogen) atoms. The minimum Gasteiger partial charge on any atom is -0.397 e. The lowest BCUT2D eigenvalue weighted by atomic mass is 10.1. The maximum atomic E-state index is 5.92. The number of nitrogen functional groups attached to an aromatic ring is 1. The molecule has 0 atom stereocenters. The SMILES string of the molecule is Cc1noc(CCNc2ccc(N)c3ncccc23)n1. The van der Waals surface area contributed by atoms with Gasteiger partial charge in [0.2, 0.25) is 5.89 Å². The number of pyridine rings is 1. The average molecular weight is 269 g/mol.